The topological polar surface area (TPSA) is 170 Å². The van der Waals surface area contributed by atoms with Crippen molar-refractivity contribution in [3.63, 3.8) is 0 Å². The SMILES string of the molecule is NC(=O)C1=C(O)[C@@]2(O)C(=O)C3=C(O)c4c(cc5ccc(NCC6CC6)cc5c4O)CC3C[C@H]2CC1=O. The van der Waals surface area contributed by atoms with E-state index < -0.39 is 52.0 Å². The zero-order valence-corrected chi connectivity index (χ0v) is 19.4. The van der Waals surface area contributed by atoms with Gasteiger partial charge in [-0.3, -0.25) is 14.4 Å². The standard InChI is InChI=1S/C27H26N2O7/c28-26(35)21-18(30)8-15-7-14-6-13-5-12-3-4-16(29-10-11-1-2-11)9-17(12)22(31)19(13)23(32)20(14)24(33)27(15,36)25(21)34/h3-5,9,11,14-15,29,31-32,34,36H,1-2,6-8,10H2,(H2,28,35)/t14?,15-,27-/m0/s1. The van der Waals surface area contributed by atoms with E-state index in [1.165, 1.54) is 12.8 Å². The van der Waals surface area contributed by atoms with Gasteiger partial charge in [-0.1, -0.05) is 12.1 Å². The van der Waals surface area contributed by atoms with E-state index in [1.54, 1.807) is 6.07 Å². The van der Waals surface area contributed by atoms with Gasteiger partial charge in [0.25, 0.3) is 5.91 Å². The average Bonchev–Trinajstić information content (AvgIpc) is 3.64. The van der Waals surface area contributed by atoms with Crippen molar-refractivity contribution in [1.82, 2.24) is 0 Å². The molecule has 2 aromatic carbocycles. The molecule has 4 aliphatic rings. The molecule has 7 N–H and O–H groups in total. The second-order valence-electron chi connectivity index (χ2n) is 10.4. The van der Waals surface area contributed by atoms with Crippen molar-refractivity contribution >= 4 is 39.7 Å². The lowest BCUT2D eigenvalue weighted by Gasteiger charge is -2.46. The minimum absolute atomic E-state index is 0.106. The third-order valence-corrected chi connectivity index (χ3v) is 8.16. The molecule has 36 heavy (non-hydrogen) atoms. The van der Waals surface area contributed by atoms with Crippen LogP contribution >= 0.6 is 0 Å². The Morgan fingerprint density at radius 2 is 1.86 bits per heavy atom. The number of phenols is 1. The number of phenolic OH excluding ortho intramolecular Hbond substituents is 1. The predicted octanol–water partition coefficient (Wildman–Crippen LogP) is 2.40. The Morgan fingerprint density at radius 3 is 2.56 bits per heavy atom. The Bertz CT molecular complexity index is 1450. The van der Waals surface area contributed by atoms with Crippen LogP contribution in [0.25, 0.3) is 16.5 Å². The molecule has 0 bridgehead atoms. The highest BCUT2D eigenvalue weighted by atomic mass is 16.3. The zero-order chi connectivity index (χ0) is 25.5. The fraction of sp³-hybridized carbons (Fsp3) is 0.370. The minimum Gasteiger partial charge on any atom is -0.508 e. The van der Waals surface area contributed by atoms with Crippen LogP contribution in [0.2, 0.25) is 0 Å². The van der Waals surface area contributed by atoms with Gasteiger partial charge in [0.1, 0.15) is 22.8 Å². The first kappa shape index (κ1) is 22.6. The zero-order valence-electron chi connectivity index (χ0n) is 19.4. The molecule has 2 aromatic rings. The van der Waals surface area contributed by atoms with Gasteiger partial charge in [0, 0.05) is 35.5 Å². The van der Waals surface area contributed by atoms with Crippen LogP contribution in [0.5, 0.6) is 5.75 Å². The molecule has 9 nitrogen and oxygen atoms in total. The molecular formula is C27H26N2O7. The normalized spacial score (nSPS) is 27.6. The van der Waals surface area contributed by atoms with Crippen LogP contribution in [-0.4, -0.2) is 50.0 Å². The maximum absolute atomic E-state index is 13.6. The summed E-state index contributed by atoms with van der Waals surface area (Å²) < 4.78 is 0. The van der Waals surface area contributed by atoms with Gasteiger partial charge < -0.3 is 31.5 Å². The van der Waals surface area contributed by atoms with Crippen molar-refractivity contribution in [3.8, 4) is 5.75 Å². The third-order valence-electron chi connectivity index (χ3n) is 8.16. The van der Waals surface area contributed by atoms with Crippen LogP contribution in [-0.2, 0) is 20.8 Å². The van der Waals surface area contributed by atoms with E-state index in [2.05, 4.69) is 5.32 Å². The number of Topliss-reactive ketones (excluding diaryl/α,β-unsaturated/α-hetero) is 2. The van der Waals surface area contributed by atoms with Crippen molar-refractivity contribution in [1.29, 1.82) is 0 Å². The second-order valence-corrected chi connectivity index (χ2v) is 10.4. The number of amides is 1. The van der Waals surface area contributed by atoms with Crippen LogP contribution in [0.4, 0.5) is 5.69 Å². The number of aliphatic hydroxyl groups excluding tert-OH is 2. The van der Waals surface area contributed by atoms with Gasteiger partial charge in [0.05, 0.1) is 5.56 Å². The van der Waals surface area contributed by atoms with Crippen molar-refractivity contribution in [2.24, 2.45) is 23.5 Å². The summed E-state index contributed by atoms with van der Waals surface area (Å²) in [7, 11) is 0. The predicted molar refractivity (Wildman–Crippen MR) is 130 cm³/mol. The van der Waals surface area contributed by atoms with Gasteiger partial charge >= 0.3 is 0 Å². The Balaban J connectivity index is 1.47. The summed E-state index contributed by atoms with van der Waals surface area (Å²) in [4.78, 5) is 37.8. The van der Waals surface area contributed by atoms with Crippen LogP contribution in [0.15, 0.2) is 41.2 Å². The van der Waals surface area contributed by atoms with Gasteiger partial charge in [0.15, 0.2) is 11.4 Å². The molecule has 4 aliphatic carbocycles. The largest absolute Gasteiger partial charge is 0.508 e. The Kier molecular flexibility index (Phi) is 4.75. The van der Waals surface area contributed by atoms with Crippen LogP contribution in [0.1, 0.15) is 36.8 Å². The fourth-order valence-electron chi connectivity index (χ4n) is 6.08. The van der Waals surface area contributed by atoms with E-state index in [0.29, 0.717) is 23.3 Å². The number of hydrogen-bond acceptors (Lipinski definition) is 8. The van der Waals surface area contributed by atoms with Gasteiger partial charge in [-0.25, -0.2) is 0 Å². The number of nitrogens with two attached hydrogens (primary N) is 1. The van der Waals surface area contributed by atoms with E-state index in [0.717, 1.165) is 17.6 Å². The van der Waals surface area contributed by atoms with Crippen LogP contribution < -0.4 is 11.1 Å². The molecule has 6 rings (SSSR count). The van der Waals surface area contributed by atoms with Gasteiger partial charge in [-0.2, -0.15) is 0 Å². The number of benzene rings is 2. The van der Waals surface area contributed by atoms with E-state index >= 15 is 0 Å². The summed E-state index contributed by atoms with van der Waals surface area (Å²) in [5.41, 5.74) is 3.32. The van der Waals surface area contributed by atoms with Crippen molar-refractivity contribution < 1.29 is 34.8 Å². The van der Waals surface area contributed by atoms with E-state index in [-0.39, 0.29) is 29.7 Å². The number of carbonyl (C=O) groups is 3. The summed E-state index contributed by atoms with van der Waals surface area (Å²) >= 11 is 0. The lowest BCUT2D eigenvalue weighted by molar-refractivity contribution is -0.147. The molecule has 9 heteroatoms. The number of carbonyl (C=O) groups excluding carboxylic acids is 3. The number of nitrogens with one attached hydrogen (secondary N) is 1. The molecule has 3 atom stereocenters. The molecule has 186 valence electrons. The molecule has 0 aliphatic heterocycles. The molecule has 0 spiro atoms. The molecule has 2 saturated carbocycles. The Labute approximate surface area is 205 Å². The summed E-state index contributed by atoms with van der Waals surface area (Å²) in [5.74, 6) is -5.54. The molecule has 1 amide bonds. The number of primary amides is 1. The highest BCUT2D eigenvalue weighted by Crippen LogP contribution is 2.52. The maximum Gasteiger partial charge on any atom is 0.255 e. The lowest BCUT2D eigenvalue weighted by atomic mass is 9.59. The van der Waals surface area contributed by atoms with Gasteiger partial charge in [-0.05, 0) is 60.6 Å². The smallest absolute Gasteiger partial charge is 0.255 e. The van der Waals surface area contributed by atoms with Crippen molar-refractivity contribution in [3.05, 3.63) is 52.3 Å². The van der Waals surface area contributed by atoms with Gasteiger partial charge in [0.2, 0.25) is 5.78 Å². The fourth-order valence-corrected chi connectivity index (χ4v) is 6.08. The molecule has 1 unspecified atom stereocenters. The van der Waals surface area contributed by atoms with Crippen LogP contribution in [0.3, 0.4) is 0 Å². The molecule has 2 fully saturated rings. The Morgan fingerprint density at radius 1 is 1.11 bits per heavy atom. The number of ketones is 2. The van der Waals surface area contributed by atoms with Gasteiger partial charge in [-0.15, -0.1) is 0 Å². The summed E-state index contributed by atoms with van der Waals surface area (Å²) in [5, 5.41) is 49.1. The van der Waals surface area contributed by atoms with E-state index in [4.69, 9.17) is 5.73 Å². The number of aliphatic hydroxyl groups is 3. The first-order chi connectivity index (χ1) is 17.1. The number of rotatable bonds is 4. The number of hydrogen-bond donors (Lipinski definition) is 6. The third kappa shape index (κ3) is 3.08. The molecule has 0 aromatic heterocycles. The highest BCUT2D eigenvalue weighted by Gasteiger charge is 2.60. The summed E-state index contributed by atoms with van der Waals surface area (Å²) in [6, 6.07) is 7.48. The number of anilines is 1. The van der Waals surface area contributed by atoms with E-state index in [1.807, 2.05) is 18.2 Å². The monoisotopic (exact) mass is 490 g/mol. The van der Waals surface area contributed by atoms with Crippen LogP contribution in [0, 0.1) is 17.8 Å². The highest BCUT2D eigenvalue weighted by molar-refractivity contribution is 6.22. The first-order valence-electron chi connectivity index (χ1n) is 12.1. The van der Waals surface area contributed by atoms with E-state index in [9.17, 15) is 34.8 Å². The molecular weight excluding hydrogens is 464 g/mol. The Hall–Kier alpha value is -3.85. The van der Waals surface area contributed by atoms with Crippen molar-refractivity contribution in [2.45, 2.75) is 37.7 Å². The minimum atomic E-state index is -2.55. The number of fused-ring (bicyclic) bond motifs is 4. The quantitative estimate of drug-likeness (QED) is 0.355. The molecule has 0 radical (unpaired) electrons. The first-order valence-corrected chi connectivity index (χ1v) is 12.1. The average molecular weight is 491 g/mol. The molecule has 0 heterocycles. The summed E-state index contributed by atoms with van der Waals surface area (Å²) in [6.45, 7) is 0.843. The summed E-state index contributed by atoms with van der Waals surface area (Å²) in [6.07, 6.45) is 2.47. The molecule has 0 saturated heterocycles. The van der Waals surface area contributed by atoms with Crippen molar-refractivity contribution in [2.75, 3.05) is 11.9 Å². The second kappa shape index (κ2) is 7.57. The lowest BCUT2D eigenvalue weighted by Crippen LogP contribution is -2.58. The number of aromatic hydroxyl groups is 1. The maximum atomic E-state index is 13.6.